The van der Waals surface area contributed by atoms with Gasteiger partial charge in [0, 0.05) is 25.0 Å². The summed E-state index contributed by atoms with van der Waals surface area (Å²) < 4.78 is 86.4. The van der Waals surface area contributed by atoms with Crippen molar-refractivity contribution in [3.63, 3.8) is 0 Å². The molecule has 1 aliphatic rings. The SMILES string of the molecule is COc1ccc(COC[C@H](C)[C@H]2O[C@]2(C)[C@@H](O[Si](C)(C)C(C)(C)C)[C@@H](CO[Si](C)(C)C(C)(C)C)[C@H](OC(=O)C(F)(F)F)[C@@H](C=O)CO[Si](C)(C)C(C)(C)C)cc1. The molecule has 9 nitrogen and oxygen atoms in total. The summed E-state index contributed by atoms with van der Waals surface area (Å²) in [5.74, 6) is -4.12. The number of methoxy groups -OCH3 is 1. The van der Waals surface area contributed by atoms with Gasteiger partial charge in [0.15, 0.2) is 25.0 Å². The van der Waals surface area contributed by atoms with Crippen LogP contribution in [0, 0.1) is 17.8 Å². The van der Waals surface area contributed by atoms with E-state index in [2.05, 4.69) is 54.6 Å². The third kappa shape index (κ3) is 12.9. The van der Waals surface area contributed by atoms with Gasteiger partial charge in [0.2, 0.25) is 0 Å². The van der Waals surface area contributed by atoms with Gasteiger partial charge in [-0.15, -0.1) is 0 Å². The van der Waals surface area contributed by atoms with Crippen LogP contribution in [0.2, 0.25) is 54.4 Å². The summed E-state index contributed by atoms with van der Waals surface area (Å²) >= 11 is 0. The standard InChI is InChI=1S/C41H73F3O9Si3/c1-28(24-48-25-29-19-21-31(47-12)22-20-29)34-40(11,52-34)35(53-56(17,18)39(8,9)10)32(27-50-55(15,16)38(5,6)7)33(51-36(46)41(42,43)44)30(23-45)26-49-54(13,14)37(2,3)4/h19-23,28,30,32-35H,24-27H2,1-18H3/t28-,30-,32-,33+,34+,35-,40-/m0/s1. The molecule has 0 radical (unpaired) electrons. The Hall–Kier alpha value is -1.60. The van der Waals surface area contributed by atoms with Gasteiger partial charge in [0.05, 0.1) is 38.4 Å². The topological polar surface area (TPSA) is 102 Å². The van der Waals surface area contributed by atoms with Crippen LogP contribution in [0.1, 0.15) is 81.7 Å². The molecule has 0 bridgehead atoms. The Morgan fingerprint density at radius 1 is 0.821 bits per heavy atom. The Labute approximate surface area is 338 Å². The van der Waals surface area contributed by atoms with E-state index in [-0.39, 0.29) is 34.2 Å². The summed E-state index contributed by atoms with van der Waals surface area (Å²) in [6.07, 6.45) is -7.75. The van der Waals surface area contributed by atoms with Gasteiger partial charge < -0.3 is 37.0 Å². The zero-order valence-corrected chi connectivity index (χ0v) is 40.5. The Morgan fingerprint density at radius 3 is 1.73 bits per heavy atom. The van der Waals surface area contributed by atoms with Gasteiger partial charge in [-0.3, -0.25) is 0 Å². The Balaban J connectivity index is 2.74. The first-order valence-electron chi connectivity index (χ1n) is 19.7. The second-order valence-electron chi connectivity index (χ2n) is 20.3. The number of aldehydes is 1. The third-order valence-corrected chi connectivity index (χ3v) is 26.2. The lowest BCUT2D eigenvalue weighted by Gasteiger charge is -2.46. The van der Waals surface area contributed by atoms with Crippen molar-refractivity contribution in [2.24, 2.45) is 17.8 Å². The lowest BCUT2D eigenvalue weighted by molar-refractivity contribution is -0.213. The summed E-state index contributed by atoms with van der Waals surface area (Å²) in [4.78, 5) is 26.0. The molecule has 0 N–H and O–H groups in total. The molecule has 324 valence electrons. The highest BCUT2D eigenvalue weighted by Gasteiger charge is 2.65. The van der Waals surface area contributed by atoms with Crippen LogP contribution >= 0.6 is 0 Å². The lowest BCUT2D eigenvalue weighted by Crippen LogP contribution is -2.58. The number of esters is 1. The van der Waals surface area contributed by atoms with Crippen molar-refractivity contribution >= 4 is 37.2 Å². The zero-order chi connectivity index (χ0) is 43.5. The minimum Gasteiger partial charge on any atom is -0.497 e. The first-order chi connectivity index (χ1) is 25.1. The number of benzene rings is 1. The Morgan fingerprint density at radius 2 is 1.30 bits per heavy atom. The number of halogens is 3. The maximum atomic E-state index is 14.1. The fourth-order valence-corrected chi connectivity index (χ4v) is 9.22. The van der Waals surface area contributed by atoms with E-state index in [0.29, 0.717) is 19.5 Å². The molecular weight excluding hydrogens is 778 g/mol. The maximum Gasteiger partial charge on any atom is 0.490 e. The summed E-state index contributed by atoms with van der Waals surface area (Å²) in [5, 5.41) is -0.845. The van der Waals surface area contributed by atoms with Gasteiger partial charge >= 0.3 is 12.1 Å². The molecule has 7 atom stereocenters. The van der Waals surface area contributed by atoms with Crippen molar-refractivity contribution in [2.45, 2.75) is 167 Å². The predicted molar refractivity (Wildman–Crippen MR) is 222 cm³/mol. The van der Waals surface area contributed by atoms with Gasteiger partial charge in [-0.1, -0.05) is 81.4 Å². The van der Waals surface area contributed by atoms with Gasteiger partial charge in [-0.25, -0.2) is 4.79 Å². The highest BCUT2D eigenvalue weighted by molar-refractivity contribution is 6.75. The number of rotatable bonds is 20. The van der Waals surface area contributed by atoms with Crippen LogP contribution in [0.5, 0.6) is 5.75 Å². The Kier molecular flexibility index (Phi) is 16.6. The second-order valence-corrected chi connectivity index (χ2v) is 34.7. The molecule has 15 heteroatoms. The molecule has 1 aromatic rings. The third-order valence-electron chi connectivity index (χ3n) is 12.8. The van der Waals surface area contributed by atoms with Gasteiger partial charge in [0.1, 0.15) is 23.7 Å². The molecule has 1 heterocycles. The summed E-state index contributed by atoms with van der Waals surface area (Å²) in [5.41, 5.74) is -0.0928. The number of carbonyl (C=O) groups is 2. The van der Waals surface area contributed by atoms with Crippen LogP contribution in [0.3, 0.4) is 0 Å². The first kappa shape index (κ1) is 50.5. The average molecular weight is 851 g/mol. The van der Waals surface area contributed by atoms with Gasteiger partial charge in [0.25, 0.3) is 0 Å². The largest absolute Gasteiger partial charge is 0.497 e. The van der Waals surface area contributed by atoms with E-state index < -0.39 is 72.8 Å². The second kappa shape index (κ2) is 18.3. The van der Waals surface area contributed by atoms with Crippen molar-refractivity contribution in [3.05, 3.63) is 29.8 Å². The number of hydrogen-bond donors (Lipinski definition) is 0. The molecule has 1 aliphatic heterocycles. The predicted octanol–water partition coefficient (Wildman–Crippen LogP) is 10.3. The fourth-order valence-electron chi connectivity index (χ4n) is 5.74. The summed E-state index contributed by atoms with van der Waals surface area (Å²) in [7, 11) is -6.21. The molecule has 2 rings (SSSR count). The van der Waals surface area contributed by atoms with Crippen molar-refractivity contribution in [3.8, 4) is 5.75 Å². The van der Waals surface area contributed by atoms with E-state index in [1.54, 1.807) is 7.11 Å². The quantitative estimate of drug-likeness (QED) is 0.0549. The van der Waals surface area contributed by atoms with Crippen molar-refractivity contribution in [1.29, 1.82) is 0 Å². The zero-order valence-electron chi connectivity index (χ0n) is 37.5. The normalized spacial score (nSPS) is 21.5. The number of hydrogen-bond acceptors (Lipinski definition) is 9. The molecule has 0 spiro atoms. The van der Waals surface area contributed by atoms with E-state index in [1.807, 2.05) is 85.1 Å². The number of alkyl halides is 3. The number of carbonyl (C=O) groups excluding carboxylic acids is 2. The lowest BCUT2D eigenvalue weighted by atomic mass is 9.80. The van der Waals surface area contributed by atoms with Crippen LogP contribution < -0.4 is 4.74 Å². The smallest absolute Gasteiger partial charge is 0.490 e. The van der Waals surface area contributed by atoms with E-state index in [0.717, 1.165) is 11.3 Å². The molecule has 56 heavy (non-hydrogen) atoms. The van der Waals surface area contributed by atoms with Crippen LogP contribution in [0.4, 0.5) is 13.2 Å². The first-order valence-corrected chi connectivity index (χ1v) is 28.4. The molecule has 1 aromatic carbocycles. The number of epoxide rings is 1. The average Bonchev–Trinajstić information content (AvgIpc) is 3.74. The van der Waals surface area contributed by atoms with Crippen LogP contribution in [0.25, 0.3) is 0 Å². The minimum absolute atomic E-state index is 0.135. The van der Waals surface area contributed by atoms with E-state index in [9.17, 15) is 22.8 Å². The molecular formula is C41H73F3O9Si3. The molecule has 0 saturated carbocycles. The molecule has 1 fully saturated rings. The molecule has 0 unspecified atom stereocenters. The van der Waals surface area contributed by atoms with Gasteiger partial charge in [-0.2, -0.15) is 13.2 Å². The van der Waals surface area contributed by atoms with Crippen molar-refractivity contribution in [1.82, 2.24) is 0 Å². The van der Waals surface area contributed by atoms with E-state index in [4.69, 9.17) is 32.2 Å². The molecule has 0 aromatic heterocycles. The highest BCUT2D eigenvalue weighted by atomic mass is 28.4. The van der Waals surface area contributed by atoms with Crippen LogP contribution in [-0.2, 0) is 43.7 Å². The van der Waals surface area contributed by atoms with Gasteiger partial charge in [-0.05, 0) is 79.0 Å². The van der Waals surface area contributed by atoms with Crippen LogP contribution in [0.15, 0.2) is 24.3 Å². The monoisotopic (exact) mass is 850 g/mol. The van der Waals surface area contributed by atoms with Crippen molar-refractivity contribution in [2.75, 3.05) is 26.9 Å². The van der Waals surface area contributed by atoms with E-state index in [1.165, 1.54) is 0 Å². The minimum atomic E-state index is -5.31. The van der Waals surface area contributed by atoms with Crippen molar-refractivity contribution < 1.29 is 55.0 Å². The summed E-state index contributed by atoms with van der Waals surface area (Å²) in [6, 6.07) is 7.59. The summed E-state index contributed by atoms with van der Waals surface area (Å²) in [6.45, 7) is 34.9. The molecule has 0 amide bonds. The maximum absolute atomic E-state index is 14.1. The highest BCUT2D eigenvalue weighted by Crippen LogP contribution is 2.52. The Bertz CT molecular complexity index is 1430. The van der Waals surface area contributed by atoms with E-state index >= 15 is 0 Å². The number of ether oxygens (including phenoxy) is 4. The van der Waals surface area contributed by atoms with Crippen LogP contribution in [-0.4, -0.2) is 94.2 Å². The molecule has 1 saturated heterocycles. The fraction of sp³-hybridized carbons (Fsp3) is 0.805. The molecule has 0 aliphatic carbocycles.